The lowest BCUT2D eigenvalue weighted by Crippen LogP contribution is -2.37. The molecular weight excluding hydrogens is 378 g/mol. The highest BCUT2D eigenvalue weighted by atomic mass is 15.3. The first-order chi connectivity index (χ1) is 15.3. The summed E-state index contributed by atoms with van der Waals surface area (Å²) in [7, 11) is 0. The standard InChI is InChI=1S/C28H31N3/c1-3-4-19-31-26-18-10-17-25(29-24-16-8-5-11-20(24)2)27(26)30-28(31)23-15-9-13-21-12-6-7-14-22(21)23/h5,7-11,13-18,25,27,29H,3-4,6,12,19H2,1-2H3. The first-order valence-corrected chi connectivity index (χ1v) is 11.6. The topological polar surface area (TPSA) is 27.6 Å². The van der Waals surface area contributed by atoms with Crippen LogP contribution in [0.2, 0.25) is 0 Å². The van der Waals surface area contributed by atoms with Crippen molar-refractivity contribution < 1.29 is 0 Å². The summed E-state index contributed by atoms with van der Waals surface area (Å²) in [5, 5.41) is 3.76. The molecule has 1 N–H and O–H groups in total. The highest BCUT2D eigenvalue weighted by molar-refractivity contribution is 6.05. The number of anilines is 1. The average molecular weight is 410 g/mol. The van der Waals surface area contributed by atoms with E-state index in [0.717, 1.165) is 31.6 Å². The second-order valence-corrected chi connectivity index (χ2v) is 8.68. The number of allylic oxidation sites excluding steroid dienone is 3. The van der Waals surface area contributed by atoms with Crippen molar-refractivity contribution in [3.05, 3.63) is 94.7 Å². The molecule has 0 fully saturated rings. The molecule has 2 aromatic rings. The molecule has 0 radical (unpaired) electrons. The molecule has 1 heterocycles. The summed E-state index contributed by atoms with van der Waals surface area (Å²) in [6, 6.07) is 15.5. The molecule has 2 aliphatic carbocycles. The van der Waals surface area contributed by atoms with Gasteiger partial charge < -0.3 is 10.2 Å². The number of hydrogen-bond acceptors (Lipinski definition) is 3. The van der Waals surface area contributed by atoms with Crippen molar-refractivity contribution in [2.45, 2.75) is 51.6 Å². The fourth-order valence-corrected chi connectivity index (χ4v) is 4.85. The number of amidine groups is 1. The van der Waals surface area contributed by atoms with Crippen LogP contribution < -0.4 is 5.32 Å². The predicted octanol–water partition coefficient (Wildman–Crippen LogP) is 6.12. The summed E-state index contributed by atoms with van der Waals surface area (Å²) in [5.41, 5.74) is 7.82. The molecule has 0 saturated heterocycles. The number of aliphatic imine (C=N–C) groups is 1. The minimum atomic E-state index is 0.0971. The Morgan fingerprint density at radius 2 is 2.03 bits per heavy atom. The van der Waals surface area contributed by atoms with Crippen LogP contribution in [0, 0.1) is 6.92 Å². The van der Waals surface area contributed by atoms with E-state index in [-0.39, 0.29) is 12.1 Å². The van der Waals surface area contributed by atoms with Crippen molar-refractivity contribution in [2.24, 2.45) is 4.99 Å². The quantitative estimate of drug-likeness (QED) is 0.622. The third-order valence-electron chi connectivity index (χ3n) is 6.56. The number of rotatable bonds is 6. The summed E-state index contributed by atoms with van der Waals surface area (Å²) in [4.78, 5) is 7.83. The molecule has 3 aliphatic rings. The van der Waals surface area contributed by atoms with E-state index in [9.17, 15) is 0 Å². The summed E-state index contributed by atoms with van der Waals surface area (Å²) < 4.78 is 0. The predicted molar refractivity (Wildman–Crippen MR) is 132 cm³/mol. The maximum Gasteiger partial charge on any atom is 0.136 e. The largest absolute Gasteiger partial charge is 0.376 e. The van der Waals surface area contributed by atoms with Gasteiger partial charge in [-0.05, 0) is 55.0 Å². The monoisotopic (exact) mass is 409 g/mol. The lowest BCUT2D eigenvalue weighted by Gasteiger charge is -2.30. The van der Waals surface area contributed by atoms with E-state index in [0.29, 0.717) is 0 Å². The Morgan fingerprint density at radius 1 is 1.13 bits per heavy atom. The zero-order chi connectivity index (χ0) is 21.2. The molecule has 0 aromatic heterocycles. The minimum absolute atomic E-state index is 0.0971. The molecule has 3 heteroatoms. The average Bonchev–Trinajstić information content (AvgIpc) is 3.18. The van der Waals surface area contributed by atoms with Gasteiger partial charge in [0.2, 0.25) is 0 Å². The Hall–Kier alpha value is -3.07. The molecule has 2 aromatic carbocycles. The van der Waals surface area contributed by atoms with Gasteiger partial charge in [0.25, 0.3) is 0 Å². The van der Waals surface area contributed by atoms with Crippen LogP contribution in [0.15, 0.2) is 77.5 Å². The first kappa shape index (κ1) is 19.9. The summed E-state index contributed by atoms with van der Waals surface area (Å²) >= 11 is 0. The third kappa shape index (κ3) is 3.74. The van der Waals surface area contributed by atoms with Crippen LogP contribution >= 0.6 is 0 Å². The van der Waals surface area contributed by atoms with Gasteiger partial charge >= 0.3 is 0 Å². The molecule has 3 nitrogen and oxygen atoms in total. The Morgan fingerprint density at radius 3 is 2.90 bits per heavy atom. The molecule has 31 heavy (non-hydrogen) atoms. The molecule has 2 unspecified atom stereocenters. The minimum Gasteiger partial charge on any atom is -0.376 e. The van der Waals surface area contributed by atoms with E-state index in [1.54, 1.807) is 0 Å². The number of nitrogens with one attached hydrogen (secondary N) is 1. The zero-order valence-corrected chi connectivity index (χ0v) is 18.5. The molecule has 1 aliphatic heterocycles. The van der Waals surface area contributed by atoms with E-state index < -0.39 is 0 Å². The number of para-hydroxylation sites is 1. The van der Waals surface area contributed by atoms with Crippen LogP contribution in [-0.2, 0) is 6.42 Å². The zero-order valence-electron chi connectivity index (χ0n) is 18.5. The van der Waals surface area contributed by atoms with Crippen LogP contribution in [0.25, 0.3) is 6.08 Å². The van der Waals surface area contributed by atoms with E-state index >= 15 is 0 Å². The van der Waals surface area contributed by atoms with Crippen molar-refractivity contribution >= 4 is 17.6 Å². The SMILES string of the molecule is CCCCN1C2=CC=CC(Nc3ccccc3C)C2N=C1c1cccc2c1C=CCC2. The lowest BCUT2D eigenvalue weighted by atomic mass is 9.92. The van der Waals surface area contributed by atoms with Gasteiger partial charge in [0.05, 0.1) is 6.04 Å². The fourth-order valence-electron chi connectivity index (χ4n) is 4.85. The Labute approximate surface area is 185 Å². The molecule has 0 spiro atoms. The van der Waals surface area contributed by atoms with E-state index in [1.165, 1.54) is 40.1 Å². The number of aryl methyl sites for hydroxylation is 2. The highest BCUT2D eigenvalue weighted by Crippen LogP contribution is 2.34. The molecule has 0 saturated carbocycles. The van der Waals surface area contributed by atoms with E-state index in [4.69, 9.17) is 4.99 Å². The number of unbranched alkanes of at least 4 members (excludes halogenated alkanes) is 1. The van der Waals surface area contributed by atoms with Crippen molar-refractivity contribution in [3.63, 3.8) is 0 Å². The van der Waals surface area contributed by atoms with Gasteiger partial charge in [-0.2, -0.15) is 0 Å². The third-order valence-corrected chi connectivity index (χ3v) is 6.56. The fraction of sp³-hybridized carbons (Fsp3) is 0.321. The van der Waals surface area contributed by atoms with Crippen LogP contribution in [-0.4, -0.2) is 29.4 Å². The van der Waals surface area contributed by atoms with E-state index in [2.05, 4.69) is 96.9 Å². The van der Waals surface area contributed by atoms with Crippen molar-refractivity contribution in [1.29, 1.82) is 0 Å². The Bertz CT molecular complexity index is 1090. The number of nitrogens with zero attached hydrogens (tertiary/aromatic N) is 2. The second-order valence-electron chi connectivity index (χ2n) is 8.68. The van der Waals surface area contributed by atoms with Gasteiger partial charge in [0, 0.05) is 23.5 Å². The van der Waals surface area contributed by atoms with Gasteiger partial charge in [-0.15, -0.1) is 0 Å². The number of fused-ring (bicyclic) bond motifs is 2. The number of hydrogen-bond donors (Lipinski definition) is 1. The maximum absolute atomic E-state index is 5.36. The molecule has 0 amide bonds. The summed E-state index contributed by atoms with van der Waals surface area (Å²) in [6.45, 7) is 5.43. The molecule has 158 valence electrons. The van der Waals surface area contributed by atoms with Crippen molar-refractivity contribution in [2.75, 3.05) is 11.9 Å². The van der Waals surface area contributed by atoms with Crippen molar-refractivity contribution in [1.82, 2.24) is 4.90 Å². The lowest BCUT2D eigenvalue weighted by molar-refractivity contribution is 0.479. The van der Waals surface area contributed by atoms with Gasteiger partial charge in [-0.3, -0.25) is 4.99 Å². The highest BCUT2D eigenvalue weighted by Gasteiger charge is 2.37. The van der Waals surface area contributed by atoms with Crippen LogP contribution in [0.1, 0.15) is 48.4 Å². The Balaban J connectivity index is 1.53. The summed E-state index contributed by atoms with van der Waals surface area (Å²) in [6.07, 6.45) is 15.9. The van der Waals surface area contributed by atoms with Crippen LogP contribution in [0.3, 0.4) is 0 Å². The van der Waals surface area contributed by atoms with Gasteiger partial charge in [-0.1, -0.05) is 74.0 Å². The molecule has 2 atom stereocenters. The first-order valence-electron chi connectivity index (χ1n) is 11.6. The van der Waals surface area contributed by atoms with Gasteiger partial charge in [-0.25, -0.2) is 0 Å². The smallest absolute Gasteiger partial charge is 0.136 e. The molecule has 0 bridgehead atoms. The number of benzene rings is 2. The van der Waals surface area contributed by atoms with Crippen LogP contribution in [0.4, 0.5) is 5.69 Å². The molecular formula is C28H31N3. The van der Waals surface area contributed by atoms with Gasteiger partial charge in [0.15, 0.2) is 0 Å². The Kier molecular flexibility index (Phi) is 5.50. The van der Waals surface area contributed by atoms with E-state index in [1.807, 2.05) is 0 Å². The normalized spacial score (nSPS) is 21.4. The summed E-state index contributed by atoms with van der Waals surface area (Å²) in [5.74, 6) is 1.13. The van der Waals surface area contributed by atoms with Crippen molar-refractivity contribution in [3.8, 4) is 0 Å². The second kappa shape index (κ2) is 8.58. The van der Waals surface area contributed by atoms with Gasteiger partial charge in [0.1, 0.15) is 11.9 Å². The molecule has 5 rings (SSSR count). The maximum atomic E-state index is 5.36. The van der Waals surface area contributed by atoms with Crippen LogP contribution in [0.5, 0.6) is 0 Å².